The molecule has 4 fully saturated rings. The average Bonchev–Trinajstić information content (AvgIpc) is 2.83. The third kappa shape index (κ3) is 4.62. The molecule has 1 aromatic rings. The van der Waals surface area contributed by atoms with Gasteiger partial charge in [-0.2, -0.15) is 5.26 Å². The number of rotatable bonds is 6. The predicted octanol–water partition coefficient (Wildman–Crippen LogP) is 1.66. The minimum atomic E-state index is -3.15. The summed E-state index contributed by atoms with van der Waals surface area (Å²) in [5, 5.41) is 25.5. The highest BCUT2D eigenvalue weighted by molar-refractivity contribution is 5.91. The zero-order chi connectivity index (χ0) is 24.5. The number of amides is 3. The van der Waals surface area contributed by atoms with Crippen LogP contribution in [0.3, 0.4) is 0 Å². The number of nitriles is 1. The van der Waals surface area contributed by atoms with E-state index in [1.54, 1.807) is 30.3 Å². The Labute approximate surface area is 196 Å². The van der Waals surface area contributed by atoms with Crippen molar-refractivity contribution in [2.45, 2.75) is 68.7 Å². The SMILES string of the molecule is N#C[C@H](C[C@@H]1CCCNC1=O)NC(=O)[C@@H]1[C@@H]2CC[C@@H](CC2(F)F)N1C(=O)[C@H](O)c1ccccc1. The van der Waals surface area contributed by atoms with Gasteiger partial charge in [-0.25, -0.2) is 8.78 Å². The predicted molar refractivity (Wildman–Crippen MR) is 116 cm³/mol. The third-order valence-electron chi connectivity index (χ3n) is 7.20. The van der Waals surface area contributed by atoms with Crippen molar-refractivity contribution >= 4 is 17.7 Å². The number of hydrogen-bond donors (Lipinski definition) is 3. The Hall–Kier alpha value is -3.06. The minimum absolute atomic E-state index is 0.0587. The van der Waals surface area contributed by atoms with Crippen LogP contribution in [-0.2, 0) is 14.4 Å². The van der Waals surface area contributed by atoms with Crippen molar-refractivity contribution in [3.05, 3.63) is 35.9 Å². The molecule has 3 heterocycles. The Morgan fingerprint density at radius 1 is 1.26 bits per heavy atom. The zero-order valence-electron chi connectivity index (χ0n) is 18.6. The molecule has 10 heteroatoms. The summed E-state index contributed by atoms with van der Waals surface area (Å²) in [5.41, 5.74) is 0.304. The van der Waals surface area contributed by atoms with Crippen LogP contribution in [0.25, 0.3) is 0 Å². The van der Waals surface area contributed by atoms with Crippen molar-refractivity contribution < 1.29 is 28.3 Å². The first kappa shape index (κ1) is 24.1. The Morgan fingerprint density at radius 2 is 2.00 bits per heavy atom. The first-order valence-electron chi connectivity index (χ1n) is 11.6. The van der Waals surface area contributed by atoms with Gasteiger partial charge in [0.05, 0.1) is 12.0 Å². The van der Waals surface area contributed by atoms with Crippen LogP contribution in [-0.4, -0.2) is 58.3 Å². The molecule has 3 amide bonds. The van der Waals surface area contributed by atoms with Crippen LogP contribution in [0.4, 0.5) is 8.78 Å². The lowest BCUT2D eigenvalue weighted by atomic mass is 9.71. The average molecular weight is 475 g/mol. The van der Waals surface area contributed by atoms with E-state index in [2.05, 4.69) is 10.6 Å². The summed E-state index contributed by atoms with van der Waals surface area (Å²) in [6, 6.07) is 6.58. The molecule has 2 bridgehead atoms. The first-order valence-corrected chi connectivity index (χ1v) is 11.6. The van der Waals surface area contributed by atoms with Gasteiger partial charge in [0.1, 0.15) is 12.1 Å². The van der Waals surface area contributed by atoms with E-state index >= 15 is 0 Å². The summed E-state index contributed by atoms with van der Waals surface area (Å²) in [4.78, 5) is 39.7. The molecular weight excluding hydrogens is 446 g/mol. The fourth-order valence-corrected chi connectivity index (χ4v) is 5.49. The number of benzene rings is 1. The van der Waals surface area contributed by atoms with Crippen molar-refractivity contribution in [3.8, 4) is 6.07 Å². The number of piperidine rings is 3. The topological polar surface area (TPSA) is 123 Å². The summed E-state index contributed by atoms with van der Waals surface area (Å²) in [6.07, 6.45) is -0.419. The van der Waals surface area contributed by atoms with Crippen molar-refractivity contribution in [3.63, 3.8) is 0 Å². The first-order chi connectivity index (χ1) is 16.2. The highest BCUT2D eigenvalue weighted by atomic mass is 19.3. The molecule has 0 aromatic heterocycles. The summed E-state index contributed by atoms with van der Waals surface area (Å²) >= 11 is 0. The number of aliphatic hydroxyl groups is 1. The normalized spacial score (nSPS) is 29.5. The lowest BCUT2D eigenvalue weighted by molar-refractivity contribution is -0.198. The van der Waals surface area contributed by atoms with Crippen LogP contribution in [0.1, 0.15) is 50.2 Å². The van der Waals surface area contributed by atoms with E-state index < -0.39 is 60.2 Å². The molecule has 6 atom stereocenters. The van der Waals surface area contributed by atoms with Crippen LogP contribution in [0.5, 0.6) is 0 Å². The molecular formula is C24H28F2N4O4. The van der Waals surface area contributed by atoms with Gasteiger partial charge in [0.25, 0.3) is 11.8 Å². The van der Waals surface area contributed by atoms with Gasteiger partial charge < -0.3 is 20.6 Å². The Balaban J connectivity index is 1.56. The van der Waals surface area contributed by atoms with E-state index in [1.807, 2.05) is 6.07 Å². The second kappa shape index (κ2) is 9.66. The van der Waals surface area contributed by atoms with E-state index in [-0.39, 0.29) is 18.7 Å². The molecule has 3 aliphatic heterocycles. The van der Waals surface area contributed by atoms with Crippen molar-refractivity contribution in [2.75, 3.05) is 6.54 Å². The van der Waals surface area contributed by atoms with E-state index in [9.17, 15) is 33.5 Å². The van der Waals surface area contributed by atoms with Crippen LogP contribution in [0, 0.1) is 23.2 Å². The minimum Gasteiger partial charge on any atom is -0.378 e. The summed E-state index contributed by atoms with van der Waals surface area (Å²) < 4.78 is 29.6. The van der Waals surface area contributed by atoms with E-state index in [4.69, 9.17) is 0 Å². The number of halogens is 2. The van der Waals surface area contributed by atoms with Gasteiger partial charge in [0.15, 0.2) is 6.10 Å². The smallest absolute Gasteiger partial charge is 0.256 e. The number of alkyl halides is 2. The van der Waals surface area contributed by atoms with Crippen molar-refractivity contribution in [1.82, 2.24) is 15.5 Å². The van der Waals surface area contributed by atoms with Crippen molar-refractivity contribution in [2.24, 2.45) is 11.8 Å². The molecule has 1 aromatic carbocycles. The van der Waals surface area contributed by atoms with Gasteiger partial charge >= 0.3 is 0 Å². The summed E-state index contributed by atoms with van der Waals surface area (Å²) in [7, 11) is 0. The molecule has 3 N–H and O–H groups in total. The number of nitrogens with one attached hydrogen (secondary N) is 2. The standard InChI is InChI=1S/C24H28F2N4O4/c25-24(26)12-17-8-9-18(24)19(30(17)23(34)20(31)14-5-2-1-3-6-14)22(33)29-16(13-27)11-15-7-4-10-28-21(15)32/h1-3,5-6,15-20,31H,4,7-12H2,(H,28,32)(H,29,33)/t15-,16-,17-,18-,19-,20+/m0/s1. The summed E-state index contributed by atoms with van der Waals surface area (Å²) in [5.74, 6) is -6.89. The molecule has 0 radical (unpaired) electrons. The highest BCUT2D eigenvalue weighted by Crippen LogP contribution is 2.49. The number of fused-ring (bicyclic) bond motifs is 3. The number of hydrogen-bond acceptors (Lipinski definition) is 5. The second-order valence-corrected chi connectivity index (χ2v) is 9.36. The van der Waals surface area contributed by atoms with Crippen LogP contribution < -0.4 is 10.6 Å². The number of aliphatic hydroxyl groups excluding tert-OH is 1. The molecule has 1 aliphatic carbocycles. The van der Waals surface area contributed by atoms with E-state index in [0.29, 0.717) is 24.9 Å². The van der Waals surface area contributed by atoms with Gasteiger partial charge in [0, 0.05) is 24.9 Å². The maximum absolute atomic E-state index is 14.8. The van der Waals surface area contributed by atoms with E-state index in [0.717, 1.165) is 11.3 Å². The lowest BCUT2D eigenvalue weighted by Gasteiger charge is -2.54. The molecule has 0 unspecified atom stereocenters. The molecule has 182 valence electrons. The number of carbonyl (C=O) groups is 3. The van der Waals surface area contributed by atoms with Crippen molar-refractivity contribution in [1.29, 1.82) is 5.26 Å². The fourth-order valence-electron chi connectivity index (χ4n) is 5.49. The number of carbonyl (C=O) groups excluding carboxylic acids is 3. The van der Waals surface area contributed by atoms with Gasteiger partial charge in [-0.1, -0.05) is 30.3 Å². The molecule has 1 saturated carbocycles. The maximum atomic E-state index is 14.8. The number of nitrogens with zero attached hydrogens (tertiary/aromatic N) is 2. The highest BCUT2D eigenvalue weighted by Gasteiger charge is 2.61. The largest absolute Gasteiger partial charge is 0.378 e. The third-order valence-corrected chi connectivity index (χ3v) is 7.20. The second-order valence-electron chi connectivity index (χ2n) is 9.36. The maximum Gasteiger partial charge on any atom is 0.256 e. The van der Waals surface area contributed by atoms with Gasteiger partial charge in [-0.3, -0.25) is 14.4 Å². The summed E-state index contributed by atoms with van der Waals surface area (Å²) in [6.45, 7) is 0.556. The van der Waals surface area contributed by atoms with E-state index in [1.165, 1.54) is 0 Å². The molecule has 5 rings (SSSR count). The monoisotopic (exact) mass is 474 g/mol. The Morgan fingerprint density at radius 3 is 2.65 bits per heavy atom. The van der Waals surface area contributed by atoms with Crippen LogP contribution >= 0.6 is 0 Å². The zero-order valence-corrected chi connectivity index (χ0v) is 18.6. The quantitative estimate of drug-likeness (QED) is 0.579. The molecule has 4 aliphatic rings. The molecule has 0 spiro atoms. The molecule has 8 nitrogen and oxygen atoms in total. The lowest BCUT2D eigenvalue weighted by Crippen LogP contribution is -2.69. The van der Waals surface area contributed by atoms with Gasteiger partial charge in [0.2, 0.25) is 11.8 Å². The Bertz CT molecular complexity index is 983. The van der Waals surface area contributed by atoms with Gasteiger partial charge in [-0.15, -0.1) is 0 Å². The Kier molecular flexibility index (Phi) is 6.84. The molecule has 34 heavy (non-hydrogen) atoms. The fraction of sp³-hybridized carbons (Fsp3) is 0.583. The molecule has 3 saturated heterocycles. The van der Waals surface area contributed by atoms with Gasteiger partial charge in [-0.05, 0) is 37.7 Å². The van der Waals surface area contributed by atoms with Crippen LogP contribution in [0.15, 0.2) is 30.3 Å². The van der Waals surface area contributed by atoms with Crippen LogP contribution in [0.2, 0.25) is 0 Å².